The zero-order valence-corrected chi connectivity index (χ0v) is 14.5. The maximum Gasteiger partial charge on any atom is 0.261 e. The predicted octanol–water partition coefficient (Wildman–Crippen LogP) is 2.92. The van der Waals surface area contributed by atoms with E-state index in [9.17, 15) is 8.42 Å². The number of hydrogen-bond acceptors (Lipinski definition) is 4. The van der Waals surface area contributed by atoms with Gasteiger partial charge in [-0.2, -0.15) is 5.10 Å². The van der Waals surface area contributed by atoms with Crippen LogP contribution in [0.25, 0.3) is 5.69 Å². The smallest absolute Gasteiger partial charge is 0.261 e. The third-order valence-corrected chi connectivity index (χ3v) is 5.56. The maximum absolute atomic E-state index is 12.7. The number of rotatable bonds is 4. The highest BCUT2D eigenvalue weighted by atomic mass is 32.2. The molecule has 3 aromatic rings. The molecule has 0 atom stereocenters. The van der Waals surface area contributed by atoms with Crippen molar-refractivity contribution in [2.24, 2.45) is 0 Å². The molecular weight excluding hydrogens is 338 g/mol. The molecular formula is C18H17N3O3S. The number of ether oxygens (including phenoxy) is 1. The molecule has 4 rings (SSSR count). The lowest BCUT2D eigenvalue weighted by Gasteiger charge is -2.12. The summed E-state index contributed by atoms with van der Waals surface area (Å²) in [5.74, 6) is 0.763. The molecule has 2 heterocycles. The van der Waals surface area contributed by atoms with Gasteiger partial charge < -0.3 is 4.74 Å². The van der Waals surface area contributed by atoms with Crippen LogP contribution in [-0.4, -0.2) is 24.8 Å². The van der Waals surface area contributed by atoms with Gasteiger partial charge in [-0.1, -0.05) is 0 Å². The van der Waals surface area contributed by atoms with Crippen molar-refractivity contribution in [3.63, 3.8) is 0 Å². The van der Waals surface area contributed by atoms with Gasteiger partial charge in [-0.3, -0.25) is 4.72 Å². The number of nitrogens with one attached hydrogen (secondary N) is 1. The van der Waals surface area contributed by atoms with Gasteiger partial charge in [-0.05, 0) is 60.5 Å². The number of anilines is 1. The van der Waals surface area contributed by atoms with Gasteiger partial charge in [0.05, 0.1) is 22.9 Å². The molecule has 0 radical (unpaired) electrons. The Labute approximate surface area is 146 Å². The summed E-state index contributed by atoms with van der Waals surface area (Å²) in [6, 6.07) is 12.3. The van der Waals surface area contributed by atoms with Crippen molar-refractivity contribution in [1.82, 2.24) is 9.78 Å². The minimum atomic E-state index is -3.65. The van der Waals surface area contributed by atoms with E-state index in [0.29, 0.717) is 12.3 Å². The molecule has 0 saturated heterocycles. The number of fused-ring (bicyclic) bond motifs is 1. The molecule has 0 amide bonds. The second kappa shape index (κ2) is 5.93. The van der Waals surface area contributed by atoms with Crippen LogP contribution < -0.4 is 9.46 Å². The second-order valence-corrected chi connectivity index (χ2v) is 7.61. The lowest BCUT2D eigenvalue weighted by molar-refractivity contribution is 0.356. The standard InChI is InChI=1S/C18H17N3O3S/c1-13-11-15(21-9-2-8-19-21)3-5-17(13)20-25(22,23)16-4-6-18-14(12-16)7-10-24-18/h2-6,8-9,11-12,20H,7,10H2,1H3. The van der Waals surface area contributed by atoms with E-state index in [1.54, 1.807) is 35.1 Å². The number of hydrogen-bond donors (Lipinski definition) is 1. The molecule has 1 aliphatic heterocycles. The Morgan fingerprint density at radius 2 is 2.08 bits per heavy atom. The fourth-order valence-corrected chi connectivity index (χ4v) is 4.04. The first kappa shape index (κ1) is 15.7. The largest absolute Gasteiger partial charge is 0.493 e. The van der Waals surface area contributed by atoms with E-state index in [2.05, 4.69) is 9.82 Å². The van der Waals surface area contributed by atoms with Gasteiger partial charge in [0.15, 0.2) is 0 Å². The van der Waals surface area contributed by atoms with Gasteiger partial charge in [-0.25, -0.2) is 13.1 Å². The molecule has 128 valence electrons. The number of aryl methyl sites for hydroxylation is 1. The van der Waals surface area contributed by atoms with Crippen molar-refractivity contribution >= 4 is 15.7 Å². The van der Waals surface area contributed by atoms with Crippen LogP contribution in [0.15, 0.2) is 59.8 Å². The summed E-state index contributed by atoms with van der Waals surface area (Å²) in [6.45, 7) is 2.46. The van der Waals surface area contributed by atoms with Crippen molar-refractivity contribution in [1.29, 1.82) is 0 Å². The Hall–Kier alpha value is -2.80. The Kier molecular flexibility index (Phi) is 3.73. The zero-order valence-electron chi connectivity index (χ0n) is 13.6. The number of aromatic nitrogens is 2. The minimum absolute atomic E-state index is 0.243. The lowest BCUT2D eigenvalue weighted by Crippen LogP contribution is -2.14. The average molecular weight is 355 g/mol. The van der Waals surface area contributed by atoms with E-state index >= 15 is 0 Å². The first-order valence-corrected chi connectivity index (χ1v) is 9.40. The average Bonchev–Trinajstić information content (AvgIpc) is 3.27. The summed E-state index contributed by atoms with van der Waals surface area (Å²) in [7, 11) is -3.65. The van der Waals surface area contributed by atoms with Gasteiger partial charge in [0.1, 0.15) is 5.75 Å². The van der Waals surface area contributed by atoms with Crippen molar-refractivity contribution in [3.05, 3.63) is 66.0 Å². The Morgan fingerprint density at radius 3 is 2.84 bits per heavy atom. The molecule has 1 aromatic heterocycles. The molecule has 0 saturated carbocycles. The lowest BCUT2D eigenvalue weighted by atomic mass is 10.2. The molecule has 6 nitrogen and oxygen atoms in total. The molecule has 0 spiro atoms. The predicted molar refractivity (Wildman–Crippen MR) is 94.8 cm³/mol. The number of benzene rings is 2. The number of nitrogens with zero attached hydrogens (tertiary/aromatic N) is 2. The van der Waals surface area contributed by atoms with E-state index < -0.39 is 10.0 Å². The van der Waals surface area contributed by atoms with E-state index in [-0.39, 0.29) is 4.90 Å². The summed E-state index contributed by atoms with van der Waals surface area (Å²) in [5.41, 5.74) is 3.17. The number of sulfonamides is 1. The Morgan fingerprint density at radius 1 is 1.20 bits per heavy atom. The van der Waals surface area contributed by atoms with Gasteiger partial charge in [0.2, 0.25) is 0 Å². The first-order chi connectivity index (χ1) is 12.0. The van der Waals surface area contributed by atoms with Crippen LogP contribution in [-0.2, 0) is 16.4 Å². The third-order valence-electron chi connectivity index (χ3n) is 4.19. The van der Waals surface area contributed by atoms with Crippen LogP contribution in [0.4, 0.5) is 5.69 Å². The van der Waals surface area contributed by atoms with Gasteiger partial charge >= 0.3 is 0 Å². The molecule has 0 unspecified atom stereocenters. The SMILES string of the molecule is Cc1cc(-n2cccn2)ccc1NS(=O)(=O)c1ccc2c(c1)CCO2. The Bertz CT molecular complexity index is 1030. The highest BCUT2D eigenvalue weighted by molar-refractivity contribution is 7.92. The molecule has 1 N–H and O–H groups in total. The van der Waals surface area contributed by atoms with Crippen LogP contribution >= 0.6 is 0 Å². The summed E-state index contributed by atoms with van der Waals surface area (Å²) < 4.78 is 35.2. The Balaban J connectivity index is 1.63. The van der Waals surface area contributed by atoms with Crippen LogP contribution in [0.2, 0.25) is 0 Å². The molecule has 7 heteroatoms. The van der Waals surface area contributed by atoms with Gasteiger partial charge in [0.25, 0.3) is 10.0 Å². The summed E-state index contributed by atoms with van der Waals surface area (Å²) in [4.78, 5) is 0.243. The minimum Gasteiger partial charge on any atom is -0.493 e. The summed E-state index contributed by atoms with van der Waals surface area (Å²) in [6.07, 6.45) is 4.27. The monoisotopic (exact) mass is 355 g/mol. The third kappa shape index (κ3) is 2.98. The summed E-state index contributed by atoms with van der Waals surface area (Å²) >= 11 is 0. The summed E-state index contributed by atoms with van der Waals surface area (Å²) in [5, 5.41) is 4.18. The highest BCUT2D eigenvalue weighted by Gasteiger charge is 2.20. The molecule has 2 aromatic carbocycles. The van der Waals surface area contributed by atoms with Crippen molar-refractivity contribution in [3.8, 4) is 11.4 Å². The van der Waals surface area contributed by atoms with E-state index in [0.717, 1.165) is 29.0 Å². The molecule has 25 heavy (non-hydrogen) atoms. The van der Waals surface area contributed by atoms with Crippen LogP contribution in [0.3, 0.4) is 0 Å². The van der Waals surface area contributed by atoms with E-state index in [4.69, 9.17) is 4.74 Å². The fraction of sp³-hybridized carbons (Fsp3) is 0.167. The van der Waals surface area contributed by atoms with Crippen molar-refractivity contribution in [2.45, 2.75) is 18.2 Å². The van der Waals surface area contributed by atoms with E-state index in [1.807, 2.05) is 31.3 Å². The highest BCUT2D eigenvalue weighted by Crippen LogP contribution is 2.29. The van der Waals surface area contributed by atoms with E-state index in [1.165, 1.54) is 0 Å². The topological polar surface area (TPSA) is 73.2 Å². The van der Waals surface area contributed by atoms with Crippen molar-refractivity contribution in [2.75, 3.05) is 11.3 Å². The van der Waals surface area contributed by atoms with Crippen LogP contribution in [0.5, 0.6) is 5.75 Å². The van der Waals surface area contributed by atoms with Crippen LogP contribution in [0, 0.1) is 6.92 Å². The fourth-order valence-electron chi connectivity index (χ4n) is 2.86. The quantitative estimate of drug-likeness (QED) is 0.781. The normalized spacial score (nSPS) is 13.3. The second-order valence-electron chi connectivity index (χ2n) is 5.92. The molecule has 0 bridgehead atoms. The zero-order chi connectivity index (χ0) is 17.4. The maximum atomic E-state index is 12.7. The molecule has 1 aliphatic rings. The van der Waals surface area contributed by atoms with Crippen molar-refractivity contribution < 1.29 is 13.2 Å². The molecule has 0 fully saturated rings. The van der Waals surface area contributed by atoms with Gasteiger partial charge in [-0.15, -0.1) is 0 Å². The van der Waals surface area contributed by atoms with Crippen LogP contribution in [0.1, 0.15) is 11.1 Å². The first-order valence-electron chi connectivity index (χ1n) is 7.92. The molecule has 0 aliphatic carbocycles. The van der Waals surface area contributed by atoms with Gasteiger partial charge in [0, 0.05) is 18.8 Å².